The minimum Gasteiger partial charge on any atom is -0.496 e. The summed E-state index contributed by atoms with van der Waals surface area (Å²) in [6.07, 6.45) is 7.22. The molecule has 0 bridgehead atoms. The van der Waals surface area contributed by atoms with Gasteiger partial charge >= 0.3 is 5.97 Å². The molecular weight excluding hydrogens is 280 g/mol. The average Bonchev–Trinajstić information content (AvgIpc) is 3.05. The molecule has 4 nitrogen and oxygen atoms in total. The molecule has 1 fully saturated rings. The number of ether oxygens (including phenoxy) is 2. The van der Waals surface area contributed by atoms with Crippen molar-refractivity contribution in [3.8, 4) is 5.75 Å². The number of fused-ring (bicyclic) bond motifs is 1. The van der Waals surface area contributed by atoms with E-state index in [2.05, 4.69) is 6.08 Å². The van der Waals surface area contributed by atoms with E-state index in [1.807, 2.05) is 24.3 Å². The predicted molar refractivity (Wildman–Crippen MR) is 80.4 cm³/mol. The van der Waals surface area contributed by atoms with Crippen LogP contribution in [0, 0.1) is 5.92 Å². The Hall–Kier alpha value is -2.49. The highest BCUT2D eigenvalue weighted by Gasteiger charge is 2.65. The van der Waals surface area contributed by atoms with Crippen LogP contribution in [0.5, 0.6) is 5.75 Å². The maximum atomic E-state index is 11.8. The molecule has 1 saturated carbocycles. The highest BCUT2D eigenvalue weighted by atomic mass is 16.5. The molecule has 2 atom stereocenters. The van der Waals surface area contributed by atoms with Crippen molar-refractivity contribution in [2.24, 2.45) is 5.92 Å². The molecule has 1 heterocycles. The molecule has 3 aliphatic rings. The fourth-order valence-electron chi connectivity index (χ4n) is 3.27. The molecule has 0 aromatic heterocycles. The van der Waals surface area contributed by atoms with Crippen molar-refractivity contribution in [1.82, 2.24) is 0 Å². The first kappa shape index (κ1) is 13.2. The highest BCUT2D eigenvalue weighted by Crippen LogP contribution is 2.54. The molecule has 112 valence electrons. The van der Waals surface area contributed by atoms with E-state index < -0.39 is 11.6 Å². The van der Waals surface area contributed by atoms with E-state index in [9.17, 15) is 9.90 Å². The zero-order chi connectivity index (χ0) is 15.2. The summed E-state index contributed by atoms with van der Waals surface area (Å²) in [6, 6.07) is 9.15. The summed E-state index contributed by atoms with van der Waals surface area (Å²) in [5.41, 5.74) is 2.18. The van der Waals surface area contributed by atoms with Crippen molar-refractivity contribution in [3.05, 3.63) is 65.5 Å². The van der Waals surface area contributed by atoms with E-state index in [4.69, 9.17) is 9.47 Å². The van der Waals surface area contributed by atoms with E-state index in [1.165, 1.54) is 0 Å². The number of rotatable bonds is 4. The van der Waals surface area contributed by atoms with Gasteiger partial charge in [-0.2, -0.15) is 0 Å². The molecule has 0 radical (unpaired) electrons. The second-order valence-electron chi connectivity index (χ2n) is 5.86. The third-order valence-electron chi connectivity index (χ3n) is 4.52. The lowest BCUT2D eigenvalue weighted by Crippen LogP contribution is -2.32. The van der Waals surface area contributed by atoms with Crippen molar-refractivity contribution < 1.29 is 19.4 Å². The molecule has 22 heavy (non-hydrogen) atoms. The molecule has 4 heteroatoms. The molecule has 1 N–H and O–H groups in total. The minimum atomic E-state index is -1.15. The van der Waals surface area contributed by atoms with Crippen LogP contribution >= 0.6 is 0 Å². The molecule has 0 amide bonds. The Morgan fingerprint density at radius 1 is 1.32 bits per heavy atom. The number of para-hydroxylation sites is 1. The Labute approximate surface area is 128 Å². The van der Waals surface area contributed by atoms with Gasteiger partial charge in [-0.05, 0) is 35.3 Å². The quantitative estimate of drug-likeness (QED) is 0.927. The number of benzene rings is 1. The van der Waals surface area contributed by atoms with E-state index in [0.29, 0.717) is 18.8 Å². The van der Waals surface area contributed by atoms with Crippen molar-refractivity contribution in [1.29, 1.82) is 0 Å². The van der Waals surface area contributed by atoms with Gasteiger partial charge in [0.1, 0.15) is 12.4 Å². The van der Waals surface area contributed by atoms with Gasteiger partial charge < -0.3 is 14.6 Å². The number of allylic oxidation sites excluding steroid dienone is 2. The summed E-state index contributed by atoms with van der Waals surface area (Å²) in [6.45, 7) is 0.534. The van der Waals surface area contributed by atoms with Gasteiger partial charge in [-0.3, -0.25) is 0 Å². The van der Waals surface area contributed by atoms with Crippen LogP contribution in [0.15, 0.2) is 65.5 Å². The zero-order valence-corrected chi connectivity index (χ0v) is 12.0. The Kier molecular flexibility index (Phi) is 2.86. The van der Waals surface area contributed by atoms with Gasteiger partial charge in [-0.1, -0.05) is 30.4 Å². The Balaban J connectivity index is 1.66. The second kappa shape index (κ2) is 4.77. The molecular formula is C18H16O4. The smallest absolute Gasteiger partial charge is 0.348 e. The summed E-state index contributed by atoms with van der Waals surface area (Å²) in [5.74, 6) is -0.434. The van der Waals surface area contributed by atoms with Gasteiger partial charge in [-0.25, -0.2) is 4.79 Å². The molecule has 0 saturated heterocycles. The van der Waals surface area contributed by atoms with E-state index in [1.54, 1.807) is 18.4 Å². The monoisotopic (exact) mass is 296 g/mol. The first-order valence-electron chi connectivity index (χ1n) is 7.39. The van der Waals surface area contributed by atoms with Gasteiger partial charge in [0.2, 0.25) is 5.60 Å². The number of carbonyl (C=O) groups is 1. The third-order valence-corrected chi connectivity index (χ3v) is 4.52. The minimum absolute atomic E-state index is 0.123. The van der Waals surface area contributed by atoms with E-state index in [0.717, 1.165) is 23.1 Å². The van der Waals surface area contributed by atoms with Crippen LogP contribution in [0.2, 0.25) is 0 Å². The Bertz CT molecular complexity index is 714. The summed E-state index contributed by atoms with van der Waals surface area (Å²) in [7, 11) is 0. The van der Waals surface area contributed by atoms with Gasteiger partial charge in [-0.15, -0.1) is 0 Å². The van der Waals surface area contributed by atoms with Crippen LogP contribution in [-0.4, -0.2) is 23.3 Å². The zero-order valence-electron chi connectivity index (χ0n) is 12.0. The average molecular weight is 296 g/mol. The van der Waals surface area contributed by atoms with E-state index >= 15 is 0 Å². The predicted octanol–water partition coefficient (Wildman–Crippen LogP) is 3.08. The van der Waals surface area contributed by atoms with Crippen LogP contribution in [0.1, 0.15) is 12.8 Å². The molecule has 2 unspecified atom stereocenters. The maximum Gasteiger partial charge on any atom is 0.348 e. The molecule has 0 spiro atoms. The van der Waals surface area contributed by atoms with Gasteiger partial charge in [0, 0.05) is 12.3 Å². The lowest BCUT2D eigenvalue weighted by molar-refractivity contribution is -0.147. The SMILES string of the molecule is O=C(O)C1(Oc2ccccc2)CC1C1=C2COC=C2CC=C1. The van der Waals surface area contributed by atoms with Gasteiger partial charge in [0.05, 0.1) is 6.26 Å². The first-order valence-corrected chi connectivity index (χ1v) is 7.39. The molecule has 1 aliphatic heterocycles. The summed E-state index contributed by atoms with van der Waals surface area (Å²) >= 11 is 0. The number of aliphatic carboxylic acids is 1. The molecule has 4 rings (SSSR count). The first-order chi connectivity index (χ1) is 10.7. The molecule has 2 aliphatic carbocycles. The lowest BCUT2D eigenvalue weighted by Gasteiger charge is -2.18. The Morgan fingerprint density at radius 3 is 2.91 bits per heavy atom. The maximum absolute atomic E-state index is 11.8. The topological polar surface area (TPSA) is 55.8 Å². The van der Waals surface area contributed by atoms with Crippen LogP contribution in [0.25, 0.3) is 0 Å². The standard InChI is InChI=1S/C18H16O4/c19-17(20)18(22-13-6-2-1-3-7-13)9-16(18)14-8-4-5-12-10-21-11-15(12)14/h1-4,6-8,10,16H,5,9,11H2,(H,19,20). The fraction of sp³-hybridized carbons (Fsp3) is 0.278. The van der Waals surface area contributed by atoms with Crippen molar-refractivity contribution >= 4 is 5.97 Å². The fourth-order valence-corrected chi connectivity index (χ4v) is 3.27. The van der Waals surface area contributed by atoms with Crippen LogP contribution < -0.4 is 4.74 Å². The summed E-state index contributed by atoms with van der Waals surface area (Å²) in [5, 5.41) is 9.69. The van der Waals surface area contributed by atoms with Gasteiger partial charge in [0.25, 0.3) is 0 Å². The number of carboxylic acid groups (broad SMARTS) is 1. The summed E-state index contributed by atoms with van der Waals surface area (Å²) in [4.78, 5) is 11.8. The number of carboxylic acids is 1. The third kappa shape index (κ3) is 1.95. The van der Waals surface area contributed by atoms with E-state index in [-0.39, 0.29) is 5.92 Å². The van der Waals surface area contributed by atoms with Crippen LogP contribution in [0.4, 0.5) is 0 Å². The highest BCUT2D eigenvalue weighted by molar-refractivity contribution is 5.84. The largest absolute Gasteiger partial charge is 0.496 e. The second-order valence-corrected chi connectivity index (χ2v) is 5.86. The number of hydrogen-bond donors (Lipinski definition) is 1. The van der Waals surface area contributed by atoms with Crippen LogP contribution in [-0.2, 0) is 9.53 Å². The van der Waals surface area contributed by atoms with Crippen molar-refractivity contribution in [2.45, 2.75) is 18.4 Å². The van der Waals surface area contributed by atoms with Gasteiger partial charge in [0.15, 0.2) is 0 Å². The lowest BCUT2D eigenvalue weighted by atomic mass is 9.91. The normalized spacial score (nSPS) is 28.7. The van der Waals surface area contributed by atoms with Crippen molar-refractivity contribution in [3.63, 3.8) is 0 Å². The number of hydrogen-bond acceptors (Lipinski definition) is 3. The summed E-state index contributed by atoms with van der Waals surface area (Å²) < 4.78 is 11.3. The van der Waals surface area contributed by atoms with Crippen molar-refractivity contribution in [2.75, 3.05) is 6.61 Å². The molecule has 1 aromatic carbocycles. The molecule has 1 aromatic rings. The van der Waals surface area contributed by atoms with Crippen LogP contribution in [0.3, 0.4) is 0 Å². The Morgan fingerprint density at radius 2 is 2.14 bits per heavy atom.